The first-order valence-electron chi connectivity index (χ1n) is 13.8. The van der Waals surface area contributed by atoms with Crippen molar-refractivity contribution in [3.8, 4) is 11.5 Å². The van der Waals surface area contributed by atoms with Gasteiger partial charge in [-0.3, -0.25) is 9.69 Å². The number of esters is 2. The van der Waals surface area contributed by atoms with Gasteiger partial charge in [-0.25, -0.2) is 9.79 Å². The summed E-state index contributed by atoms with van der Waals surface area (Å²) in [6.45, 7) is 6.13. The lowest BCUT2D eigenvalue weighted by Crippen LogP contribution is -2.59. The molecule has 2 aliphatic heterocycles. The van der Waals surface area contributed by atoms with Crippen LogP contribution in [0.15, 0.2) is 94.0 Å². The van der Waals surface area contributed by atoms with Crippen LogP contribution in [0.3, 0.4) is 0 Å². The van der Waals surface area contributed by atoms with Crippen LogP contribution < -0.4 is 19.3 Å². The van der Waals surface area contributed by atoms with Gasteiger partial charge in [-0.2, -0.15) is 0 Å². The Morgan fingerprint density at radius 1 is 0.860 bits per heavy atom. The lowest BCUT2D eigenvalue weighted by Gasteiger charge is -2.44. The van der Waals surface area contributed by atoms with Gasteiger partial charge in [0.2, 0.25) is 0 Å². The Labute approximate surface area is 256 Å². The van der Waals surface area contributed by atoms with E-state index in [4.69, 9.17) is 23.9 Å². The highest BCUT2D eigenvalue weighted by Crippen LogP contribution is 2.67. The number of methoxy groups -OCH3 is 4. The van der Waals surface area contributed by atoms with E-state index in [2.05, 4.69) is 4.90 Å². The zero-order chi connectivity index (χ0) is 30.9. The van der Waals surface area contributed by atoms with E-state index in [9.17, 15) is 9.59 Å². The minimum atomic E-state index is -1.42. The number of aliphatic imine (C=N–C) groups is 1. The van der Waals surface area contributed by atoms with E-state index in [1.807, 2.05) is 91.5 Å². The van der Waals surface area contributed by atoms with Gasteiger partial charge in [0.05, 0.1) is 51.1 Å². The summed E-state index contributed by atoms with van der Waals surface area (Å²) in [6.07, 6.45) is 0. The van der Waals surface area contributed by atoms with Crippen LogP contribution in [0.4, 0.5) is 17.1 Å². The van der Waals surface area contributed by atoms with Crippen LogP contribution in [0.5, 0.6) is 11.5 Å². The van der Waals surface area contributed by atoms with Gasteiger partial charge in [-0.15, -0.1) is 0 Å². The number of likely N-dealkylation sites (N-methyl/N-ethyl adjacent to an activating group) is 1. The Morgan fingerprint density at radius 3 is 2.02 bits per heavy atom. The Hall–Kier alpha value is -4.44. The highest BCUT2D eigenvalue weighted by molar-refractivity contribution is 8.01. The molecule has 1 spiro atoms. The Morgan fingerprint density at radius 2 is 1.47 bits per heavy atom. The lowest BCUT2D eigenvalue weighted by molar-refractivity contribution is -0.148. The number of nitrogens with zero attached hydrogens (tertiary/aromatic N) is 3. The number of hydrogen-bond acceptors (Lipinski definition) is 9. The minimum absolute atomic E-state index is 0.340. The molecule has 0 saturated carbocycles. The second kappa shape index (κ2) is 11.7. The Bertz CT molecular complexity index is 1600. The first-order chi connectivity index (χ1) is 20.7. The van der Waals surface area contributed by atoms with Crippen molar-refractivity contribution < 1.29 is 28.5 Å². The second-order valence-electron chi connectivity index (χ2n) is 10.2. The molecule has 0 N–H and O–H groups in total. The summed E-state index contributed by atoms with van der Waals surface area (Å²) in [5, 5.41) is 0. The number of anilines is 2. The number of rotatable bonds is 7. The lowest BCUT2D eigenvalue weighted by atomic mass is 9.80. The van der Waals surface area contributed by atoms with Crippen molar-refractivity contribution in [2.75, 3.05) is 44.8 Å². The average molecular weight is 602 g/mol. The normalized spacial score (nSPS) is 22.9. The average Bonchev–Trinajstić information content (AvgIpc) is 3.50. The van der Waals surface area contributed by atoms with Crippen LogP contribution in [-0.4, -0.2) is 57.6 Å². The maximum absolute atomic E-state index is 14.3. The fourth-order valence-electron chi connectivity index (χ4n) is 5.99. The van der Waals surface area contributed by atoms with Crippen molar-refractivity contribution in [2.45, 2.75) is 30.5 Å². The summed E-state index contributed by atoms with van der Waals surface area (Å²) >= 11 is 1.51. The van der Waals surface area contributed by atoms with Crippen molar-refractivity contribution >= 4 is 46.6 Å². The van der Waals surface area contributed by atoms with Crippen LogP contribution >= 0.6 is 11.8 Å². The third-order valence-electron chi connectivity index (χ3n) is 8.07. The van der Waals surface area contributed by atoms with Crippen molar-refractivity contribution in [2.24, 2.45) is 10.4 Å². The van der Waals surface area contributed by atoms with E-state index < -0.39 is 22.2 Å². The first-order valence-corrected chi connectivity index (χ1v) is 14.6. The summed E-state index contributed by atoms with van der Waals surface area (Å²) in [5.41, 5.74) is 1.71. The number of thioether (sulfide) groups is 1. The largest absolute Gasteiger partial charge is 0.497 e. The van der Waals surface area contributed by atoms with Gasteiger partial charge in [-0.05, 0) is 81.4 Å². The number of fused-ring (bicyclic) bond motifs is 1. The smallest absolute Gasteiger partial charge is 0.335 e. The SMILES string of the molecule is CCN1c2ccccc2S[C@]12/C(=C(/C)C(=O)OC)N(c1ccc(OC)cc1)C(=Nc1ccc(OC)cc1)[C@]2(C)C(=O)OC. The molecule has 1 fully saturated rings. The van der Waals surface area contributed by atoms with E-state index in [0.29, 0.717) is 46.5 Å². The van der Waals surface area contributed by atoms with Crippen LogP contribution in [0.25, 0.3) is 0 Å². The van der Waals surface area contributed by atoms with Gasteiger partial charge in [-0.1, -0.05) is 23.9 Å². The summed E-state index contributed by atoms with van der Waals surface area (Å²) in [5.74, 6) is 0.723. The zero-order valence-electron chi connectivity index (χ0n) is 25.3. The molecule has 2 aliphatic rings. The van der Waals surface area contributed by atoms with Crippen molar-refractivity contribution in [3.05, 3.63) is 84.1 Å². The van der Waals surface area contributed by atoms with E-state index in [1.54, 1.807) is 21.1 Å². The second-order valence-corrected chi connectivity index (χ2v) is 11.4. The van der Waals surface area contributed by atoms with E-state index in [1.165, 1.54) is 26.0 Å². The highest BCUT2D eigenvalue weighted by atomic mass is 32.2. The molecule has 3 aromatic rings. The molecule has 2 atom stereocenters. The van der Waals surface area contributed by atoms with Crippen LogP contribution in [0, 0.1) is 5.41 Å². The fourth-order valence-corrected chi connectivity index (χ4v) is 7.79. The molecular formula is C33H35N3O6S. The highest BCUT2D eigenvalue weighted by Gasteiger charge is 2.73. The van der Waals surface area contributed by atoms with Crippen LogP contribution in [0.2, 0.25) is 0 Å². The third-order valence-corrected chi connectivity index (χ3v) is 9.75. The molecule has 0 unspecified atom stereocenters. The van der Waals surface area contributed by atoms with E-state index in [-0.39, 0.29) is 0 Å². The zero-order valence-corrected chi connectivity index (χ0v) is 26.2. The number of para-hydroxylation sites is 1. The van der Waals surface area contributed by atoms with Crippen LogP contribution in [-0.2, 0) is 19.1 Å². The summed E-state index contributed by atoms with van der Waals surface area (Å²) < 4.78 is 21.7. The van der Waals surface area contributed by atoms with Crippen LogP contribution in [0.1, 0.15) is 20.8 Å². The number of hydrogen-bond donors (Lipinski definition) is 0. The van der Waals surface area contributed by atoms with Gasteiger partial charge in [0.15, 0.2) is 10.3 Å². The Kier molecular flexibility index (Phi) is 8.16. The summed E-state index contributed by atoms with van der Waals surface area (Å²) in [4.78, 5) is 36.8. The minimum Gasteiger partial charge on any atom is -0.497 e. The summed E-state index contributed by atoms with van der Waals surface area (Å²) in [6, 6.07) is 22.7. The molecule has 2 heterocycles. The van der Waals surface area contributed by atoms with Crippen molar-refractivity contribution in [1.29, 1.82) is 0 Å². The summed E-state index contributed by atoms with van der Waals surface area (Å²) in [7, 11) is 5.93. The number of carbonyl (C=O) groups is 2. The van der Waals surface area contributed by atoms with Gasteiger partial charge in [0.25, 0.3) is 0 Å². The molecule has 0 amide bonds. The number of amidine groups is 1. The number of ether oxygens (including phenoxy) is 4. The topological polar surface area (TPSA) is 89.9 Å². The molecule has 3 aromatic carbocycles. The molecule has 1 saturated heterocycles. The standard InChI is InChI=1S/C33H35N3O6S/c1-8-35-26-11-9-10-12-27(26)43-33(35)28(21(2)29(37)41-6)36(23-15-19-25(40-5)20-16-23)30(32(33,3)31(38)42-7)34-22-13-17-24(39-4)18-14-22/h9-20H,8H2,1-7H3/b28-21+,34-30?/t32-,33+/m1/s1. The van der Waals surface area contributed by atoms with Crippen molar-refractivity contribution in [3.63, 3.8) is 0 Å². The van der Waals surface area contributed by atoms with Crippen molar-refractivity contribution in [1.82, 2.24) is 0 Å². The molecule has 43 heavy (non-hydrogen) atoms. The molecule has 0 bridgehead atoms. The van der Waals surface area contributed by atoms with Gasteiger partial charge in [0, 0.05) is 17.1 Å². The fraction of sp³-hybridized carbons (Fsp3) is 0.303. The number of benzene rings is 3. The van der Waals surface area contributed by atoms with E-state index >= 15 is 0 Å². The maximum atomic E-state index is 14.3. The van der Waals surface area contributed by atoms with E-state index in [0.717, 1.165) is 10.6 Å². The molecule has 0 aliphatic carbocycles. The molecule has 0 radical (unpaired) electrons. The molecule has 9 nitrogen and oxygen atoms in total. The molecular weight excluding hydrogens is 566 g/mol. The Balaban J connectivity index is 1.94. The molecule has 5 rings (SSSR count). The van der Waals surface area contributed by atoms with Gasteiger partial charge < -0.3 is 23.8 Å². The number of carbonyl (C=O) groups excluding carboxylic acids is 2. The predicted octanol–water partition coefficient (Wildman–Crippen LogP) is 6.21. The first kappa shape index (κ1) is 30.0. The molecule has 0 aromatic heterocycles. The van der Waals surface area contributed by atoms with Gasteiger partial charge >= 0.3 is 11.9 Å². The molecule has 10 heteroatoms. The van der Waals surface area contributed by atoms with Gasteiger partial charge in [0.1, 0.15) is 17.3 Å². The predicted molar refractivity (Wildman–Crippen MR) is 168 cm³/mol. The molecule has 224 valence electrons. The quantitative estimate of drug-likeness (QED) is 0.232. The third kappa shape index (κ3) is 4.52. The maximum Gasteiger partial charge on any atom is 0.335 e. The monoisotopic (exact) mass is 601 g/mol.